The van der Waals surface area contributed by atoms with Crippen molar-refractivity contribution in [2.75, 3.05) is 0 Å². The molecule has 0 saturated heterocycles. The fourth-order valence-corrected chi connectivity index (χ4v) is 2.17. The first kappa shape index (κ1) is 12.5. The normalized spacial score (nSPS) is 10.4. The predicted octanol–water partition coefficient (Wildman–Crippen LogP) is 4.35. The Hall–Kier alpha value is -0.937. The molecule has 0 unspecified atom stereocenters. The molecule has 0 amide bonds. The van der Waals surface area contributed by atoms with Gasteiger partial charge in [-0.3, -0.25) is 0 Å². The Morgan fingerprint density at radius 1 is 0.882 bits per heavy atom. The molecule has 0 bridgehead atoms. The zero-order valence-electron chi connectivity index (χ0n) is 9.83. The van der Waals surface area contributed by atoms with Crippen LogP contribution in [0.5, 0.6) is 0 Å². The number of rotatable bonds is 1. The molecule has 0 radical (unpaired) electrons. The number of hydrogen-bond acceptors (Lipinski definition) is 0. The van der Waals surface area contributed by atoms with Crippen molar-refractivity contribution in [1.29, 1.82) is 0 Å². The van der Waals surface area contributed by atoms with Crippen LogP contribution in [0.4, 0.5) is 0 Å². The maximum atomic E-state index is 3.52. The van der Waals surface area contributed by atoms with E-state index in [-0.39, 0.29) is 26.2 Å². The predicted molar refractivity (Wildman–Crippen MR) is 69.7 cm³/mol. The van der Waals surface area contributed by atoms with E-state index in [2.05, 4.69) is 61.5 Å². The van der Waals surface area contributed by atoms with Gasteiger partial charge in [0.2, 0.25) is 0 Å². The zero-order chi connectivity index (χ0) is 11.0. The van der Waals surface area contributed by atoms with Gasteiger partial charge in [-0.25, -0.2) is 0 Å². The van der Waals surface area contributed by atoms with Crippen LogP contribution in [-0.4, -0.2) is 0 Å². The summed E-state index contributed by atoms with van der Waals surface area (Å²) in [5.41, 5.74) is 1.28. The Bertz CT molecular complexity index is 656. The van der Waals surface area contributed by atoms with Crippen molar-refractivity contribution < 1.29 is 26.2 Å². The van der Waals surface area contributed by atoms with E-state index in [0.717, 1.165) is 6.42 Å². The van der Waals surface area contributed by atoms with Gasteiger partial charge in [0, 0.05) is 26.2 Å². The first-order valence-corrected chi connectivity index (χ1v) is 5.71. The Morgan fingerprint density at radius 3 is 2.41 bits per heavy atom. The van der Waals surface area contributed by atoms with Crippen LogP contribution < -0.4 is 0 Å². The van der Waals surface area contributed by atoms with Gasteiger partial charge in [0.25, 0.3) is 0 Å². The quantitative estimate of drug-likeness (QED) is 0.462. The molecule has 17 heavy (non-hydrogen) atoms. The summed E-state index contributed by atoms with van der Waals surface area (Å²) in [5, 5.41) is 5.11. The minimum Gasteiger partial charge on any atom is -0.139 e. The molecule has 0 N–H and O–H groups in total. The Morgan fingerprint density at radius 2 is 1.59 bits per heavy atom. The molecule has 0 aliphatic rings. The van der Waals surface area contributed by atoms with Gasteiger partial charge < -0.3 is 0 Å². The van der Waals surface area contributed by atoms with E-state index in [0.29, 0.717) is 0 Å². The van der Waals surface area contributed by atoms with Crippen LogP contribution in [-0.2, 0) is 32.6 Å². The van der Waals surface area contributed by atoms with Gasteiger partial charge in [-0.1, -0.05) is 54.1 Å². The molecular formula is C16H13Zr-. The fourth-order valence-electron chi connectivity index (χ4n) is 2.17. The SMILES string of the molecule is CCc1[c-]c2c(cc1)ccc1ccccc12.[Zr]. The molecule has 3 rings (SSSR count). The summed E-state index contributed by atoms with van der Waals surface area (Å²) in [7, 11) is 0. The molecule has 82 valence electrons. The molecule has 0 spiro atoms. The monoisotopic (exact) mass is 295 g/mol. The maximum absolute atomic E-state index is 3.52. The van der Waals surface area contributed by atoms with Crippen molar-refractivity contribution in [1.82, 2.24) is 0 Å². The van der Waals surface area contributed by atoms with Crippen LogP contribution >= 0.6 is 0 Å². The third kappa shape index (κ3) is 2.22. The molecule has 0 aliphatic carbocycles. The average Bonchev–Trinajstić information content (AvgIpc) is 2.38. The van der Waals surface area contributed by atoms with Crippen molar-refractivity contribution >= 4 is 21.5 Å². The van der Waals surface area contributed by atoms with Crippen LogP contribution in [0, 0.1) is 6.07 Å². The molecule has 1 heteroatoms. The standard InChI is InChI=1S/C16H13.Zr/c1-2-12-7-8-14-10-9-13-5-3-4-6-15(13)16(14)11-12;/h3-10H,2H2,1H3;/q-1;. The van der Waals surface area contributed by atoms with Crippen LogP contribution in [0.15, 0.2) is 48.5 Å². The van der Waals surface area contributed by atoms with Crippen molar-refractivity contribution in [3.63, 3.8) is 0 Å². The van der Waals surface area contributed by atoms with Crippen LogP contribution in [0.1, 0.15) is 12.5 Å². The second-order valence-corrected chi connectivity index (χ2v) is 4.09. The summed E-state index contributed by atoms with van der Waals surface area (Å²) in [5.74, 6) is 0. The van der Waals surface area contributed by atoms with Crippen molar-refractivity contribution in [2.24, 2.45) is 0 Å². The summed E-state index contributed by atoms with van der Waals surface area (Å²) in [4.78, 5) is 0. The Labute approximate surface area is 121 Å². The number of benzene rings is 3. The summed E-state index contributed by atoms with van der Waals surface area (Å²) >= 11 is 0. The van der Waals surface area contributed by atoms with Crippen molar-refractivity contribution in [2.45, 2.75) is 13.3 Å². The third-order valence-electron chi connectivity index (χ3n) is 3.09. The minimum atomic E-state index is 0. The summed E-state index contributed by atoms with van der Waals surface area (Å²) in [6.45, 7) is 2.17. The maximum Gasteiger partial charge on any atom is 0 e. The van der Waals surface area contributed by atoms with Crippen LogP contribution in [0.25, 0.3) is 21.5 Å². The summed E-state index contributed by atoms with van der Waals surface area (Å²) < 4.78 is 0. The largest absolute Gasteiger partial charge is 0.139 e. The molecule has 3 aromatic carbocycles. The van der Waals surface area contributed by atoms with Gasteiger partial charge in [-0.15, -0.1) is 34.5 Å². The van der Waals surface area contributed by atoms with E-state index < -0.39 is 0 Å². The fraction of sp³-hybridized carbons (Fsp3) is 0.125. The molecular weight excluding hydrogens is 283 g/mol. The number of fused-ring (bicyclic) bond motifs is 3. The van der Waals surface area contributed by atoms with Gasteiger partial charge in [0.05, 0.1) is 0 Å². The first-order chi connectivity index (χ1) is 7.88. The smallest absolute Gasteiger partial charge is 0 e. The zero-order valence-corrected chi connectivity index (χ0v) is 12.3. The summed E-state index contributed by atoms with van der Waals surface area (Å²) in [6.07, 6.45) is 1.04. The minimum absolute atomic E-state index is 0. The van der Waals surface area contributed by atoms with E-state index >= 15 is 0 Å². The van der Waals surface area contributed by atoms with Gasteiger partial charge in [-0.2, -0.15) is 0 Å². The van der Waals surface area contributed by atoms with E-state index in [9.17, 15) is 0 Å². The van der Waals surface area contributed by atoms with Crippen LogP contribution in [0.3, 0.4) is 0 Å². The van der Waals surface area contributed by atoms with Crippen LogP contribution in [0.2, 0.25) is 0 Å². The van der Waals surface area contributed by atoms with E-state index in [1.807, 2.05) is 0 Å². The molecule has 0 fully saturated rings. The number of aryl methyl sites for hydroxylation is 1. The van der Waals surface area contributed by atoms with Gasteiger partial charge in [0.15, 0.2) is 0 Å². The molecule has 0 aromatic heterocycles. The van der Waals surface area contributed by atoms with E-state index in [1.165, 1.54) is 27.1 Å². The molecule has 0 saturated carbocycles. The average molecular weight is 297 g/mol. The molecule has 0 heterocycles. The molecule has 0 nitrogen and oxygen atoms in total. The van der Waals surface area contributed by atoms with Gasteiger partial charge >= 0.3 is 0 Å². The third-order valence-corrected chi connectivity index (χ3v) is 3.09. The van der Waals surface area contributed by atoms with Crippen molar-refractivity contribution in [3.8, 4) is 0 Å². The topological polar surface area (TPSA) is 0 Å². The van der Waals surface area contributed by atoms with E-state index in [4.69, 9.17) is 0 Å². The van der Waals surface area contributed by atoms with E-state index in [1.54, 1.807) is 0 Å². The summed E-state index contributed by atoms with van der Waals surface area (Å²) in [6, 6.07) is 20.7. The second kappa shape index (κ2) is 5.14. The first-order valence-electron chi connectivity index (χ1n) is 5.71. The van der Waals surface area contributed by atoms with Gasteiger partial charge in [0.1, 0.15) is 0 Å². The Kier molecular flexibility index (Phi) is 3.79. The number of hydrogen-bond donors (Lipinski definition) is 0. The van der Waals surface area contributed by atoms with Crippen molar-refractivity contribution in [3.05, 3.63) is 60.2 Å². The Balaban J connectivity index is 0.00000108. The molecule has 3 aromatic rings. The molecule has 0 aliphatic heterocycles. The molecule has 0 atom stereocenters. The second-order valence-electron chi connectivity index (χ2n) is 4.09. The van der Waals surface area contributed by atoms with Gasteiger partial charge in [-0.05, 0) is 6.42 Å².